The molecule has 1 saturated carbocycles. The summed E-state index contributed by atoms with van der Waals surface area (Å²) in [4.78, 5) is 20.4. The van der Waals surface area contributed by atoms with Crippen molar-refractivity contribution in [1.29, 1.82) is 0 Å². The van der Waals surface area contributed by atoms with E-state index in [4.69, 9.17) is 10.1 Å². The lowest BCUT2D eigenvalue weighted by molar-refractivity contribution is 0.0657. The van der Waals surface area contributed by atoms with Crippen LogP contribution in [0.4, 0.5) is 0 Å². The predicted octanol–water partition coefficient (Wildman–Crippen LogP) is 2.81. The molecule has 0 bridgehead atoms. The minimum Gasteiger partial charge on any atom is -0.333 e. The molecule has 1 amide bonds. The molecule has 2 aromatic heterocycles. The fraction of sp³-hybridized carbons (Fsp3) is 0.650. The fourth-order valence-corrected chi connectivity index (χ4v) is 3.83. The predicted molar refractivity (Wildman–Crippen MR) is 103 cm³/mol. The van der Waals surface area contributed by atoms with Crippen LogP contribution in [0.3, 0.4) is 0 Å². The van der Waals surface area contributed by atoms with Gasteiger partial charge >= 0.3 is 0 Å². The summed E-state index contributed by atoms with van der Waals surface area (Å²) in [5.41, 5.74) is 3.39. The van der Waals surface area contributed by atoms with Crippen molar-refractivity contribution in [3.05, 3.63) is 23.0 Å². The van der Waals surface area contributed by atoms with E-state index < -0.39 is 0 Å². The van der Waals surface area contributed by atoms with Gasteiger partial charge in [0.05, 0.1) is 22.2 Å². The summed E-state index contributed by atoms with van der Waals surface area (Å²) in [6.45, 7) is 12.9. The molecule has 1 aliphatic carbocycles. The number of piperazine rings is 1. The van der Waals surface area contributed by atoms with E-state index in [-0.39, 0.29) is 17.5 Å². The van der Waals surface area contributed by atoms with Crippen molar-refractivity contribution < 1.29 is 4.79 Å². The first-order valence-electron chi connectivity index (χ1n) is 9.70. The molecule has 6 nitrogen and oxygen atoms in total. The number of pyridine rings is 1. The Morgan fingerprint density at radius 2 is 2.04 bits per heavy atom. The van der Waals surface area contributed by atoms with Crippen molar-refractivity contribution >= 4 is 16.9 Å². The molecular formula is C20H29N5O. The highest BCUT2D eigenvalue weighted by molar-refractivity contribution is 6.06. The Hall–Kier alpha value is -1.95. The summed E-state index contributed by atoms with van der Waals surface area (Å²) in [5, 5.41) is 9.04. The lowest BCUT2D eigenvalue weighted by Crippen LogP contribution is -2.52. The maximum Gasteiger partial charge on any atom is 0.255 e. The number of carbonyl (C=O) groups excluding carboxylic acids is 1. The van der Waals surface area contributed by atoms with Crippen molar-refractivity contribution in [3.8, 4) is 0 Å². The highest BCUT2D eigenvalue weighted by atomic mass is 16.2. The van der Waals surface area contributed by atoms with Gasteiger partial charge in [-0.05, 0) is 53.5 Å². The molecule has 3 heterocycles. The van der Waals surface area contributed by atoms with Crippen LogP contribution in [0.2, 0.25) is 0 Å². The summed E-state index contributed by atoms with van der Waals surface area (Å²) >= 11 is 0. The third-order valence-electron chi connectivity index (χ3n) is 5.46. The van der Waals surface area contributed by atoms with E-state index in [2.05, 4.69) is 33.0 Å². The van der Waals surface area contributed by atoms with Crippen LogP contribution < -0.4 is 5.32 Å². The number of aryl methyl sites for hydroxylation is 1. The van der Waals surface area contributed by atoms with Crippen LogP contribution in [-0.4, -0.2) is 51.2 Å². The highest BCUT2D eigenvalue weighted by Crippen LogP contribution is 2.41. The molecule has 0 spiro atoms. The number of aromatic nitrogens is 3. The second kappa shape index (κ2) is 6.05. The van der Waals surface area contributed by atoms with Crippen LogP contribution in [0.25, 0.3) is 11.0 Å². The first-order valence-corrected chi connectivity index (χ1v) is 9.70. The second-order valence-corrected chi connectivity index (χ2v) is 8.79. The first-order chi connectivity index (χ1) is 12.3. The Bertz CT molecular complexity index is 859. The van der Waals surface area contributed by atoms with Crippen LogP contribution in [0.1, 0.15) is 68.2 Å². The van der Waals surface area contributed by atoms with Crippen LogP contribution in [0.5, 0.6) is 0 Å². The van der Waals surface area contributed by atoms with Gasteiger partial charge in [-0.2, -0.15) is 5.10 Å². The summed E-state index contributed by atoms with van der Waals surface area (Å²) in [7, 11) is 0. The van der Waals surface area contributed by atoms with Gasteiger partial charge in [0, 0.05) is 37.3 Å². The lowest BCUT2D eigenvalue weighted by atomic mass is 10.0. The van der Waals surface area contributed by atoms with Gasteiger partial charge in [0.1, 0.15) is 0 Å². The zero-order chi connectivity index (χ0) is 18.6. The van der Waals surface area contributed by atoms with Gasteiger partial charge in [-0.1, -0.05) is 0 Å². The molecule has 1 atom stereocenters. The quantitative estimate of drug-likeness (QED) is 0.900. The molecule has 26 heavy (non-hydrogen) atoms. The molecule has 1 N–H and O–H groups in total. The summed E-state index contributed by atoms with van der Waals surface area (Å²) < 4.78 is 1.99. The van der Waals surface area contributed by atoms with Gasteiger partial charge < -0.3 is 10.2 Å². The third-order valence-corrected chi connectivity index (χ3v) is 5.46. The molecule has 2 aliphatic rings. The molecule has 0 aromatic carbocycles. The zero-order valence-electron chi connectivity index (χ0n) is 16.5. The van der Waals surface area contributed by atoms with E-state index in [1.807, 2.05) is 22.6 Å². The second-order valence-electron chi connectivity index (χ2n) is 8.79. The standard InChI is InChI=1S/C20H29N5O/c1-12-11-21-8-9-24(12)19(26)15-10-16(14-6-7-14)22-18-17(15)13(2)23-25(18)20(3,4)5/h10,12,14,21H,6-9,11H2,1-5H3/t12-/m1/s1. The Balaban J connectivity index is 1.90. The summed E-state index contributed by atoms with van der Waals surface area (Å²) in [6, 6.07) is 2.24. The van der Waals surface area contributed by atoms with Gasteiger partial charge in [-0.25, -0.2) is 9.67 Å². The minimum absolute atomic E-state index is 0.116. The number of hydrogen-bond donors (Lipinski definition) is 1. The Kier molecular flexibility index (Phi) is 4.06. The number of carbonyl (C=O) groups is 1. The number of nitrogens with one attached hydrogen (secondary N) is 1. The molecule has 140 valence electrons. The normalized spacial score (nSPS) is 21.4. The van der Waals surface area contributed by atoms with Gasteiger partial charge in [0.15, 0.2) is 5.65 Å². The number of amides is 1. The molecule has 2 aromatic rings. The third kappa shape index (κ3) is 2.90. The van der Waals surface area contributed by atoms with Crippen LogP contribution in [-0.2, 0) is 5.54 Å². The van der Waals surface area contributed by atoms with Gasteiger partial charge in [-0.15, -0.1) is 0 Å². The maximum absolute atomic E-state index is 13.5. The summed E-state index contributed by atoms with van der Waals surface area (Å²) in [5.74, 6) is 0.611. The Morgan fingerprint density at radius 1 is 1.31 bits per heavy atom. The van der Waals surface area contributed by atoms with Crippen molar-refractivity contribution in [2.24, 2.45) is 0 Å². The Morgan fingerprint density at radius 3 is 2.65 bits per heavy atom. The topological polar surface area (TPSA) is 63.1 Å². The van der Waals surface area contributed by atoms with Crippen molar-refractivity contribution in [2.45, 2.75) is 65.0 Å². The van der Waals surface area contributed by atoms with Gasteiger partial charge in [0.25, 0.3) is 5.91 Å². The lowest BCUT2D eigenvalue weighted by Gasteiger charge is -2.34. The molecule has 2 fully saturated rings. The monoisotopic (exact) mass is 355 g/mol. The molecule has 0 radical (unpaired) electrons. The first kappa shape index (κ1) is 17.5. The molecule has 0 unspecified atom stereocenters. The fourth-order valence-electron chi connectivity index (χ4n) is 3.83. The van der Waals surface area contributed by atoms with Crippen LogP contribution in [0.15, 0.2) is 6.07 Å². The van der Waals surface area contributed by atoms with E-state index in [9.17, 15) is 4.79 Å². The average Bonchev–Trinajstić information content (AvgIpc) is 3.37. The van der Waals surface area contributed by atoms with E-state index in [1.54, 1.807) is 0 Å². The SMILES string of the molecule is Cc1nn(C(C)(C)C)c2nc(C3CC3)cc(C(=O)N3CCNC[C@H]3C)c12. The smallest absolute Gasteiger partial charge is 0.255 e. The van der Waals surface area contributed by atoms with Crippen LogP contribution in [0, 0.1) is 6.92 Å². The molecule has 4 rings (SSSR count). The van der Waals surface area contributed by atoms with Crippen LogP contribution >= 0.6 is 0 Å². The van der Waals surface area contributed by atoms with E-state index in [0.717, 1.165) is 47.6 Å². The number of fused-ring (bicyclic) bond motifs is 1. The van der Waals surface area contributed by atoms with E-state index in [0.29, 0.717) is 5.92 Å². The number of hydrogen-bond acceptors (Lipinski definition) is 4. The summed E-state index contributed by atoms with van der Waals surface area (Å²) in [6.07, 6.45) is 2.33. The van der Waals surface area contributed by atoms with Gasteiger partial charge in [-0.3, -0.25) is 4.79 Å². The molecular weight excluding hydrogens is 326 g/mol. The molecule has 1 aliphatic heterocycles. The van der Waals surface area contributed by atoms with Crippen molar-refractivity contribution in [3.63, 3.8) is 0 Å². The number of nitrogens with zero attached hydrogens (tertiary/aromatic N) is 4. The van der Waals surface area contributed by atoms with Crippen molar-refractivity contribution in [1.82, 2.24) is 25.0 Å². The minimum atomic E-state index is -0.176. The Labute approximate surface area is 155 Å². The van der Waals surface area contributed by atoms with E-state index in [1.165, 1.54) is 12.8 Å². The average molecular weight is 355 g/mol. The van der Waals surface area contributed by atoms with Gasteiger partial charge in [0.2, 0.25) is 0 Å². The molecule has 6 heteroatoms. The zero-order valence-corrected chi connectivity index (χ0v) is 16.5. The van der Waals surface area contributed by atoms with Crippen molar-refractivity contribution in [2.75, 3.05) is 19.6 Å². The highest BCUT2D eigenvalue weighted by Gasteiger charge is 2.32. The maximum atomic E-state index is 13.5. The largest absolute Gasteiger partial charge is 0.333 e. The number of rotatable bonds is 2. The van der Waals surface area contributed by atoms with E-state index >= 15 is 0 Å². The molecule has 1 saturated heterocycles.